The third kappa shape index (κ3) is 1.59. The lowest BCUT2D eigenvalue weighted by atomic mass is 10.2. The van der Waals surface area contributed by atoms with Gasteiger partial charge in [0.1, 0.15) is 0 Å². The molecule has 0 atom stereocenters. The van der Waals surface area contributed by atoms with E-state index >= 15 is 0 Å². The molecule has 0 fully saturated rings. The summed E-state index contributed by atoms with van der Waals surface area (Å²) in [6.07, 6.45) is 0. The van der Waals surface area contributed by atoms with Gasteiger partial charge in [0.2, 0.25) is 0 Å². The standard InChI is InChI=1S/C14H8Br2N2S2/c15-9-7(17)3-1-5-11(9)19-14-6-2-4-8(18)10(16)12(6)20-13(5)14/h1-4H,17-18H2. The number of nitrogens with two attached hydrogens (primary N) is 2. The zero-order valence-electron chi connectivity index (χ0n) is 10.0. The van der Waals surface area contributed by atoms with Crippen LogP contribution in [-0.2, 0) is 0 Å². The summed E-state index contributed by atoms with van der Waals surface area (Å²) in [7, 11) is 0. The molecule has 0 aliphatic rings. The average Bonchev–Trinajstić information content (AvgIpc) is 2.95. The Morgan fingerprint density at radius 1 is 0.650 bits per heavy atom. The van der Waals surface area contributed by atoms with Crippen molar-refractivity contribution in [3.8, 4) is 0 Å². The fourth-order valence-corrected chi connectivity index (χ4v) is 6.26. The Bertz CT molecular complexity index is 919. The van der Waals surface area contributed by atoms with Crippen molar-refractivity contribution in [3.63, 3.8) is 0 Å². The van der Waals surface area contributed by atoms with Crippen molar-refractivity contribution in [2.75, 3.05) is 11.5 Å². The van der Waals surface area contributed by atoms with Crippen LogP contribution >= 0.6 is 54.5 Å². The molecule has 0 saturated carbocycles. The molecule has 0 aliphatic carbocycles. The van der Waals surface area contributed by atoms with Crippen LogP contribution in [0.15, 0.2) is 33.2 Å². The number of hydrogen-bond acceptors (Lipinski definition) is 4. The van der Waals surface area contributed by atoms with Gasteiger partial charge in [-0.15, -0.1) is 22.7 Å². The maximum atomic E-state index is 5.97. The molecule has 0 radical (unpaired) electrons. The van der Waals surface area contributed by atoms with Crippen molar-refractivity contribution in [2.24, 2.45) is 0 Å². The maximum absolute atomic E-state index is 5.97. The lowest BCUT2D eigenvalue weighted by Gasteiger charge is -2.00. The molecule has 2 aromatic carbocycles. The van der Waals surface area contributed by atoms with Gasteiger partial charge in [-0.2, -0.15) is 0 Å². The second-order valence-electron chi connectivity index (χ2n) is 4.55. The fourth-order valence-electron chi connectivity index (χ4n) is 2.35. The Kier molecular flexibility index (Phi) is 2.79. The second-order valence-corrected chi connectivity index (χ2v) is 8.18. The van der Waals surface area contributed by atoms with Crippen LogP contribution in [0.1, 0.15) is 0 Å². The van der Waals surface area contributed by atoms with Crippen LogP contribution < -0.4 is 11.5 Å². The second kappa shape index (κ2) is 4.34. The van der Waals surface area contributed by atoms with E-state index in [1.807, 2.05) is 12.1 Å². The summed E-state index contributed by atoms with van der Waals surface area (Å²) >= 11 is 10.7. The summed E-state index contributed by atoms with van der Waals surface area (Å²) in [5.41, 5.74) is 13.5. The van der Waals surface area contributed by atoms with E-state index in [0.717, 1.165) is 20.3 Å². The summed E-state index contributed by atoms with van der Waals surface area (Å²) in [6.45, 7) is 0. The summed E-state index contributed by atoms with van der Waals surface area (Å²) in [5.74, 6) is 0. The SMILES string of the molecule is Nc1ccc2c(sc3c4ccc(N)c(Br)c4sc23)c1Br. The summed E-state index contributed by atoms with van der Waals surface area (Å²) < 4.78 is 7.00. The molecule has 4 rings (SSSR count). The van der Waals surface area contributed by atoms with E-state index in [1.165, 1.54) is 29.6 Å². The molecule has 0 bridgehead atoms. The van der Waals surface area contributed by atoms with Crippen molar-refractivity contribution >= 4 is 95.5 Å². The van der Waals surface area contributed by atoms with E-state index in [-0.39, 0.29) is 0 Å². The van der Waals surface area contributed by atoms with Crippen molar-refractivity contribution < 1.29 is 0 Å². The number of anilines is 2. The zero-order chi connectivity index (χ0) is 14.0. The molecule has 4 aromatic rings. The highest BCUT2D eigenvalue weighted by Crippen LogP contribution is 2.49. The van der Waals surface area contributed by atoms with Crippen LogP contribution in [0.25, 0.3) is 29.6 Å². The van der Waals surface area contributed by atoms with E-state index in [2.05, 4.69) is 44.0 Å². The minimum absolute atomic E-state index is 0.779. The highest BCUT2D eigenvalue weighted by molar-refractivity contribution is 9.11. The number of nitrogen functional groups attached to an aromatic ring is 2. The van der Waals surface area contributed by atoms with Crippen LogP contribution in [0.2, 0.25) is 0 Å². The lowest BCUT2D eigenvalue weighted by molar-refractivity contribution is 1.75. The fraction of sp³-hybridized carbons (Fsp3) is 0. The summed E-state index contributed by atoms with van der Waals surface area (Å²) in [6, 6.07) is 8.10. The van der Waals surface area contributed by atoms with Gasteiger partial charge in [0.15, 0.2) is 0 Å². The van der Waals surface area contributed by atoms with Crippen molar-refractivity contribution in [3.05, 3.63) is 33.2 Å². The molecular weight excluding hydrogens is 420 g/mol. The Labute approximate surface area is 139 Å². The van der Waals surface area contributed by atoms with Crippen LogP contribution in [-0.4, -0.2) is 0 Å². The van der Waals surface area contributed by atoms with Gasteiger partial charge in [-0.05, 0) is 56.1 Å². The molecule has 0 amide bonds. The lowest BCUT2D eigenvalue weighted by Crippen LogP contribution is -1.84. The monoisotopic (exact) mass is 426 g/mol. The highest BCUT2D eigenvalue weighted by atomic mass is 79.9. The predicted octanol–water partition coefficient (Wildman–Crippen LogP) is 5.96. The Morgan fingerprint density at radius 2 is 1.05 bits per heavy atom. The number of thiophene rings is 2. The molecule has 0 aliphatic heterocycles. The molecule has 2 aromatic heterocycles. The zero-order valence-corrected chi connectivity index (χ0v) is 14.8. The summed E-state index contributed by atoms with van der Waals surface area (Å²) in [4.78, 5) is 0. The molecule has 2 nitrogen and oxygen atoms in total. The van der Waals surface area contributed by atoms with E-state index in [1.54, 1.807) is 22.7 Å². The quantitative estimate of drug-likeness (QED) is 0.340. The van der Waals surface area contributed by atoms with Crippen molar-refractivity contribution in [1.82, 2.24) is 0 Å². The van der Waals surface area contributed by atoms with Gasteiger partial charge in [-0.25, -0.2) is 0 Å². The number of hydrogen-bond donors (Lipinski definition) is 2. The predicted molar refractivity (Wildman–Crippen MR) is 98.9 cm³/mol. The smallest absolute Gasteiger partial charge is 0.0583 e. The number of fused-ring (bicyclic) bond motifs is 5. The molecule has 0 saturated heterocycles. The molecular formula is C14H8Br2N2S2. The first-order chi connectivity index (χ1) is 9.58. The molecule has 2 heterocycles. The third-order valence-electron chi connectivity index (χ3n) is 3.36. The van der Waals surface area contributed by atoms with Gasteiger partial charge < -0.3 is 11.5 Å². The van der Waals surface area contributed by atoms with Crippen molar-refractivity contribution in [2.45, 2.75) is 0 Å². The van der Waals surface area contributed by atoms with Crippen molar-refractivity contribution in [1.29, 1.82) is 0 Å². The first kappa shape index (κ1) is 12.9. The minimum atomic E-state index is 0.779. The van der Waals surface area contributed by atoms with Gasteiger partial charge in [0.25, 0.3) is 0 Å². The largest absolute Gasteiger partial charge is 0.398 e. The Morgan fingerprint density at radius 3 is 1.45 bits per heavy atom. The molecule has 0 spiro atoms. The Hall–Kier alpha value is -0.820. The van der Waals surface area contributed by atoms with Crippen LogP contribution in [0.5, 0.6) is 0 Å². The Balaban J connectivity index is 2.26. The number of rotatable bonds is 0. The topological polar surface area (TPSA) is 52.0 Å². The van der Waals surface area contributed by atoms with Gasteiger partial charge in [-0.3, -0.25) is 0 Å². The average molecular weight is 428 g/mol. The molecule has 4 N–H and O–H groups in total. The number of benzene rings is 2. The third-order valence-corrected chi connectivity index (χ3v) is 8.23. The molecule has 100 valence electrons. The van der Waals surface area contributed by atoms with E-state index in [4.69, 9.17) is 11.5 Å². The first-order valence-electron chi connectivity index (χ1n) is 5.84. The van der Waals surface area contributed by atoms with Gasteiger partial charge >= 0.3 is 0 Å². The number of halogens is 2. The summed E-state index contributed by atoms with van der Waals surface area (Å²) in [5, 5.41) is 2.50. The van der Waals surface area contributed by atoms with E-state index in [9.17, 15) is 0 Å². The van der Waals surface area contributed by atoms with E-state index < -0.39 is 0 Å². The van der Waals surface area contributed by atoms with Crippen LogP contribution in [0.4, 0.5) is 11.4 Å². The van der Waals surface area contributed by atoms with Crippen LogP contribution in [0.3, 0.4) is 0 Å². The minimum Gasteiger partial charge on any atom is -0.398 e. The first-order valence-corrected chi connectivity index (χ1v) is 9.06. The van der Waals surface area contributed by atoms with E-state index in [0.29, 0.717) is 0 Å². The highest BCUT2D eigenvalue weighted by Gasteiger charge is 2.16. The molecule has 20 heavy (non-hydrogen) atoms. The normalized spacial score (nSPS) is 11.9. The van der Waals surface area contributed by atoms with Crippen LogP contribution in [0, 0.1) is 0 Å². The molecule has 0 unspecified atom stereocenters. The molecule has 6 heteroatoms. The maximum Gasteiger partial charge on any atom is 0.0583 e. The van der Waals surface area contributed by atoms with Gasteiger partial charge in [0.05, 0.1) is 27.7 Å². The van der Waals surface area contributed by atoms with Gasteiger partial charge in [0, 0.05) is 22.1 Å². The van der Waals surface area contributed by atoms with Gasteiger partial charge in [-0.1, -0.05) is 0 Å².